The topological polar surface area (TPSA) is 46.0 Å². The highest BCUT2D eigenvalue weighted by atomic mass is 79.9. The molecule has 1 aromatic heterocycles. The molecule has 26 heavy (non-hydrogen) atoms. The minimum atomic E-state index is 0.129. The Morgan fingerprint density at radius 1 is 0.962 bits per heavy atom. The number of benzene rings is 2. The Morgan fingerprint density at radius 2 is 1.77 bits per heavy atom. The standard InChI is InChI=1S/C22H19BrN2O/c1-2-14-8-10-16(11-9-14)19-20(15-6-4-3-5-7-15)25-21-18(24-19)13-12-17(23)22(21)26/h3-8,10,12-13,26H,2,9,11H2,1H3. The van der Waals surface area contributed by atoms with Crippen molar-refractivity contribution in [3.8, 4) is 17.0 Å². The molecule has 3 aromatic rings. The summed E-state index contributed by atoms with van der Waals surface area (Å²) in [5.74, 6) is 0.129. The summed E-state index contributed by atoms with van der Waals surface area (Å²) < 4.78 is 0.624. The molecule has 0 amide bonds. The van der Waals surface area contributed by atoms with Crippen molar-refractivity contribution in [1.29, 1.82) is 0 Å². The smallest absolute Gasteiger partial charge is 0.157 e. The molecule has 4 rings (SSSR count). The highest BCUT2D eigenvalue weighted by Gasteiger charge is 2.18. The quantitative estimate of drug-likeness (QED) is 0.556. The van der Waals surface area contributed by atoms with Gasteiger partial charge in [-0.3, -0.25) is 0 Å². The van der Waals surface area contributed by atoms with Gasteiger partial charge in [-0.25, -0.2) is 9.97 Å². The average Bonchev–Trinajstić information content (AvgIpc) is 2.71. The van der Waals surface area contributed by atoms with Gasteiger partial charge >= 0.3 is 0 Å². The van der Waals surface area contributed by atoms with E-state index in [-0.39, 0.29) is 5.75 Å². The summed E-state index contributed by atoms with van der Waals surface area (Å²) in [7, 11) is 0. The van der Waals surface area contributed by atoms with Crippen molar-refractivity contribution in [3.05, 3.63) is 70.4 Å². The molecule has 130 valence electrons. The zero-order valence-electron chi connectivity index (χ0n) is 14.5. The zero-order chi connectivity index (χ0) is 18.1. The molecule has 0 aliphatic heterocycles. The van der Waals surface area contributed by atoms with Crippen LogP contribution in [0.25, 0.3) is 27.9 Å². The van der Waals surface area contributed by atoms with Crippen LogP contribution in [0.1, 0.15) is 31.9 Å². The van der Waals surface area contributed by atoms with Crippen LogP contribution in [0.3, 0.4) is 0 Å². The highest BCUT2D eigenvalue weighted by Crippen LogP contribution is 2.37. The number of allylic oxidation sites excluding steroid dienone is 4. The molecule has 0 saturated carbocycles. The lowest BCUT2D eigenvalue weighted by atomic mass is 9.92. The number of fused-ring (bicyclic) bond motifs is 1. The van der Waals surface area contributed by atoms with Gasteiger partial charge in [0, 0.05) is 5.56 Å². The number of nitrogens with zero attached hydrogens (tertiary/aromatic N) is 2. The van der Waals surface area contributed by atoms with E-state index >= 15 is 0 Å². The van der Waals surface area contributed by atoms with Gasteiger partial charge < -0.3 is 5.11 Å². The fourth-order valence-electron chi connectivity index (χ4n) is 3.28. The Labute approximate surface area is 161 Å². The Balaban J connectivity index is 1.98. The van der Waals surface area contributed by atoms with Gasteiger partial charge in [0.25, 0.3) is 0 Å². The van der Waals surface area contributed by atoms with Crippen LogP contribution in [0.2, 0.25) is 0 Å². The number of rotatable bonds is 3. The first kappa shape index (κ1) is 17.0. The molecule has 1 aliphatic carbocycles. The van der Waals surface area contributed by atoms with E-state index in [4.69, 9.17) is 9.97 Å². The van der Waals surface area contributed by atoms with Crippen molar-refractivity contribution in [1.82, 2.24) is 9.97 Å². The van der Waals surface area contributed by atoms with Crippen LogP contribution in [0, 0.1) is 0 Å². The average molecular weight is 407 g/mol. The molecule has 0 bridgehead atoms. The number of phenolic OH excluding ortho intramolecular Hbond substituents is 1. The molecule has 4 heteroatoms. The van der Waals surface area contributed by atoms with Crippen molar-refractivity contribution < 1.29 is 5.11 Å². The van der Waals surface area contributed by atoms with E-state index in [0.29, 0.717) is 15.5 Å². The Morgan fingerprint density at radius 3 is 2.46 bits per heavy atom. The highest BCUT2D eigenvalue weighted by molar-refractivity contribution is 9.10. The van der Waals surface area contributed by atoms with E-state index in [2.05, 4.69) is 35.0 Å². The van der Waals surface area contributed by atoms with Crippen LogP contribution >= 0.6 is 15.9 Å². The van der Waals surface area contributed by atoms with Crippen LogP contribution in [-0.2, 0) is 0 Å². The van der Waals surface area contributed by atoms with Gasteiger partial charge in [0.05, 0.1) is 21.4 Å². The summed E-state index contributed by atoms with van der Waals surface area (Å²) in [6, 6.07) is 13.7. The summed E-state index contributed by atoms with van der Waals surface area (Å²) in [4.78, 5) is 9.70. The van der Waals surface area contributed by atoms with Gasteiger partial charge in [0.1, 0.15) is 5.52 Å². The fourth-order valence-corrected chi connectivity index (χ4v) is 3.60. The predicted octanol–water partition coefficient (Wildman–Crippen LogP) is 6.28. The van der Waals surface area contributed by atoms with Gasteiger partial charge in [-0.15, -0.1) is 0 Å². The molecule has 0 saturated heterocycles. The largest absolute Gasteiger partial charge is 0.504 e. The van der Waals surface area contributed by atoms with Crippen molar-refractivity contribution in [2.75, 3.05) is 0 Å². The lowest BCUT2D eigenvalue weighted by Gasteiger charge is -2.17. The Hall–Kier alpha value is -2.46. The number of phenols is 1. The van der Waals surface area contributed by atoms with Crippen LogP contribution in [-0.4, -0.2) is 15.1 Å². The molecular weight excluding hydrogens is 388 g/mol. The monoisotopic (exact) mass is 406 g/mol. The summed E-state index contributed by atoms with van der Waals surface area (Å²) in [6.45, 7) is 2.19. The van der Waals surface area contributed by atoms with E-state index in [1.54, 1.807) is 0 Å². The van der Waals surface area contributed by atoms with Crippen LogP contribution in [0.4, 0.5) is 0 Å². The normalized spacial score (nSPS) is 14.2. The first-order valence-corrected chi connectivity index (χ1v) is 9.60. The zero-order valence-corrected chi connectivity index (χ0v) is 16.1. The summed E-state index contributed by atoms with van der Waals surface area (Å²) in [5.41, 5.74) is 6.59. The number of halogens is 1. The van der Waals surface area contributed by atoms with Crippen LogP contribution in [0.15, 0.2) is 64.7 Å². The lowest BCUT2D eigenvalue weighted by molar-refractivity contribution is 0.477. The maximum absolute atomic E-state index is 10.4. The third-order valence-corrected chi connectivity index (χ3v) is 5.44. The lowest BCUT2D eigenvalue weighted by Crippen LogP contribution is -2.01. The summed E-state index contributed by atoms with van der Waals surface area (Å²) in [6.07, 6.45) is 7.48. The molecule has 3 nitrogen and oxygen atoms in total. The van der Waals surface area contributed by atoms with E-state index in [1.165, 1.54) is 11.1 Å². The van der Waals surface area contributed by atoms with Gasteiger partial charge in [-0.05, 0) is 52.9 Å². The van der Waals surface area contributed by atoms with E-state index in [0.717, 1.165) is 36.2 Å². The molecule has 1 heterocycles. The van der Waals surface area contributed by atoms with Crippen LogP contribution < -0.4 is 0 Å². The van der Waals surface area contributed by atoms with Crippen molar-refractivity contribution in [2.45, 2.75) is 26.2 Å². The first-order chi connectivity index (χ1) is 12.7. The van der Waals surface area contributed by atoms with Crippen molar-refractivity contribution >= 4 is 32.5 Å². The second kappa shape index (κ2) is 7.04. The fraction of sp³-hybridized carbons (Fsp3) is 0.182. The molecule has 1 N–H and O–H groups in total. The number of hydrogen-bond donors (Lipinski definition) is 1. The minimum absolute atomic E-state index is 0.129. The molecule has 1 aliphatic rings. The number of aromatic nitrogens is 2. The SMILES string of the molecule is CCC1=CC=C(c2nc3ccc(Br)c(O)c3nc2-c2ccccc2)CC1. The molecule has 0 unspecified atom stereocenters. The Bertz CT molecular complexity index is 1040. The summed E-state index contributed by atoms with van der Waals surface area (Å²) in [5, 5.41) is 10.4. The molecule has 0 fully saturated rings. The molecule has 0 spiro atoms. The van der Waals surface area contributed by atoms with Crippen molar-refractivity contribution in [2.24, 2.45) is 0 Å². The maximum Gasteiger partial charge on any atom is 0.157 e. The van der Waals surface area contributed by atoms with Gasteiger partial charge in [0.2, 0.25) is 0 Å². The van der Waals surface area contributed by atoms with Gasteiger partial charge in [-0.2, -0.15) is 0 Å². The second-order valence-electron chi connectivity index (χ2n) is 6.42. The third kappa shape index (κ3) is 3.06. The Kier molecular flexibility index (Phi) is 4.60. The molecule has 0 radical (unpaired) electrons. The first-order valence-electron chi connectivity index (χ1n) is 8.81. The molecule has 2 aromatic carbocycles. The van der Waals surface area contributed by atoms with Crippen molar-refractivity contribution in [3.63, 3.8) is 0 Å². The number of hydrogen-bond acceptors (Lipinski definition) is 3. The van der Waals surface area contributed by atoms with Gasteiger partial charge in [-0.1, -0.05) is 55.0 Å². The predicted molar refractivity (Wildman–Crippen MR) is 110 cm³/mol. The molecule has 0 atom stereocenters. The van der Waals surface area contributed by atoms with E-state index in [9.17, 15) is 5.11 Å². The van der Waals surface area contributed by atoms with Crippen LogP contribution in [0.5, 0.6) is 5.75 Å². The maximum atomic E-state index is 10.4. The minimum Gasteiger partial charge on any atom is -0.504 e. The van der Waals surface area contributed by atoms with E-state index in [1.807, 2.05) is 42.5 Å². The summed E-state index contributed by atoms with van der Waals surface area (Å²) >= 11 is 3.37. The van der Waals surface area contributed by atoms with E-state index < -0.39 is 0 Å². The van der Waals surface area contributed by atoms with Gasteiger partial charge in [0.15, 0.2) is 5.75 Å². The number of aromatic hydroxyl groups is 1. The third-order valence-electron chi connectivity index (χ3n) is 4.80. The molecular formula is C22H19BrN2O. The second-order valence-corrected chi connectivity index (χ2v) is 7.28.